The van der Waals surface area contributed by atoms with Crippen molar-refractivity contribution in [2.45, 2.75) is 20.4 Å². The van der Waals surface area contributed by atoms with Crippen LogP contribution < -0.4 is 15.5 Å². The summed E-state index contributed by atoms with van der Waals surface area (Å²) in [5, 5.41) is 10.1. The molecule has 0 spiro atoms. The fourth-order valence-corrected chi connectivity index (χ4v) is 3.48. The summed E-state index contributed by atoms with van der Waals surface area (Å²) < 4.78 is 1.95. The molecule has 1 unspecified atom stereocenters. The van der Waals surface area contributed by atoms with Crippen LogP contribution in [0, 0.1) is 13.8 Å². The van der Waals surface area contributed by atoms with Crippen molar-refractivity contribution in [2.75, 3.05) is 26.0 Å². The van der Waals surface area contributed by atoms with Gasteiger partial charge in [-0.05, 0) is 44.2 Å². The summed E-state index contributed by atoms with van der Waals surface area (Å²) in [6, 6.07) is 16.9. The number of carbonyl (C=O) groups excluding carboxylic acids is 2. The Morgan fingerprint density at radius 2 is 1.80 bits per heavy atom. The van der Waals surface area contributed by atoms with Gasteiger partial charge in [-0.25, -0.2) is 4.68 Å². The van der Waals surface area contributed by atoms with Crippen LogP contribution in [-0.4, -0.2) is 42.2 Å². The van der Waals surface area contributed by atoms with Gasteiger partial charge in [0.1, 0.15) is 6.54 Å². The maximum atomic E-state index is 12.5. The molecule has 0 bridgehead atoms. The molecule has 0 aliphatic heterocycles. The minimum Gasteiger partial charge on any atom is -0.355 e. The molecule has 0 fully saturated rings. The summed E-state index contributed by atoms with van der Waals surface area (Å²) >= 11 is 0. The van der Waals surface area contributed by atoms with E-state index in [4.69, 9.17) is 0 Å². The van der Waals surface area contributed by atoms with Crippen molar-refractivity contribution < 1.29 is 14.5 Å². The van der Waals surface area contributed by atoms with Gasteiger partial charge >= 0.3 is 0 Å². The molecule has 2 amide bonds. The first kappa shape index (κ1) is 21.3. The van der Waals surface area contributed by atoms with E-state index in [9.17, 15) is 9.59 Å². The standard InChI is InChI=1S/C23H27N5O2/c1-16-21(17(2)28(26-16)20-11-6-5-7-12-20)14-27(4)15-22(29)25-19-10-8-9-18(13-19)23(30)24-3/h5-13H,14-15H2,1-4H3,(H,24,30)(H,25,29)/p+1. The predicted octanol–water partition coefficient (Wildman–Crippen LogP) is 1.50. The van der Waals surface area contributed by atoms with Crippen molar-refractivity contribution in [3.63, 3.8) is 0 Å². The number of para-hydroxylation sites is 1. The van der Waals surface area contributed by atoms with Gasteiger partial charge in [-0.1, -0.05) is 24.3 Å². The molecule has 3 rings (SSSR count). The largest absolute Gasteiger partial charge is 0.355 e. The number of nitrogens with one attached hydrogen (secondary N) is 3. The number of amides is 2. The van der Waals surface area contributed by atoms with Crippen molar-refractivity contribution in [3.8, 4) is 5.69 Å². The van der Waals surface area contributed by atoms with Crippen LogP contribution in [0.25, 0.3) is 5.69 Å². The van der Waals surface area contributed by atoms with E-state index < -0.39 is 0 Å². The molecule has 7 nitrogen and oxygen atoms in total. The number of quaternary nitrogens is 1. The monoisotopic (exact) mass is 406 g/mol. The van der Waals surface area contributed by atoms with Crippen LogP contribution in [0.1, 0.15) is 27.3 Å². The quantitative estimate of drug-likeness (QED) is 0.556. The zero-order valence-corrected chi connectivity index (χ0v) is 17.8. The molecule has 30 heavy (non-hydrogen) atoms. The first-order valence-electron chi connectivity index (χ1n) is 9.93. The highest BCUT2D eigenvalue weighted by molar-refractivity contribution is 5.97. The molecular formula is C23H28N5O2+. The summed E-state index contributed by atoms with van der Waals surface area (Å²) in [5.74, 6) is -0.289. The van der Waals surface area contributed by atoms with E-state index in [0.29, 0.717) is 24.3 Å². The van der Waals surface area contributed by atoms with Gasteiger partial charge in [-0.3, -0.25) is 9.59 Å². The van der Waals surface area contributed by atoms with E-state index in [1.165, 1.54) is 0 Å². The van der Waals surface area contributed by atoms with Crippen LogP contribution in [0.2, 0.25) is 0 Å². The Balaban J connectivity index is 1.65. The molecule has 0 aliphatic carbocycles. The molecule has 0 saturated carbocycles. The molecular weight excluding hydrogens is 378 g/mol. The van der Waals surface area contributed by atoms with Crippen LogP contribution in [0.15, 0.2) is 54.6 Å². The van der Waals surface area contributed by atoms with Crippen molar-refractivity contribution in [1.29, 1.82) is 0 Å². The fourth-order valence-electron chi connectivity index (χ4n) is 3.48. The lowest BCUT2D eigenvalue weighted by atomic mass is 10.2. The van der Waals surface area contributed by atoms with E-state index in [1.54, 1.807) is 31.3 Å². The second kappa shape index (κ2) is 9.37. The second-order valence-corrected chi connectivity index (χ2v) is 7.42. The van der Waals surface area contributed by atoms with Crippen LogP contribution >= 0.6 is 0 Å². The number of carbonyl (C=O) groups is 2. The minimum absolute atomic E-state index is 0.104. The Morgan fingerprint density at radius 1 is 1.07 bits per heavy atom. The summed E-state index contributed by atoms with van der Waals surface area (Å²) in [6.45, 7) is 5.05. The molecule has 0 aliphatic rings. The average Bonchev–Trinajstić information content (AvgIpc) is 3.02. The molecule has 1 atom stereocenters. The number of nitrogens with zero attached hydrogens (tertiary/aromatic N) is 2. The van der Waals surface area contributed by atoms with Crippen LogP contribution in [0.3, 0.4) is 0 Å². The first-order valence-corrected chi connectivity index (χ1v) is 9.93. The molecule has 3 aromatic rings. The van der Waals surface area contributed by atoms with Crippen molar-refractivity contribution in [1.82, 2.24) is 15.1 Å². The topological polar surface area (TPSA) is 80.5 Å². The van der Waals surface area contributed by atoms with Crippen molar-refractivity contribution >= 4 is 17.5 Å². The minimum atomic E-state index is -0.185. The van der Waals surface area contributed by atoms with Gasteiger partial charge in [0.05, 0.1) is 29.7 Å². The number of anilines is 1. The number of aryl methyl sites for hydroxylation is 1. The maximum Gasteiger partial charge on any atom is 0.279 e. The van der Waals surface area contributed by atoms with Gasteiger partial charge in [0.25, 0.3) is 11.8 Å². The molecule has 2 aromatic carbocycles. The lowest BCUT2D eigenvalue weighted by molar-refractivity contribution is -0.885. The van der Waals surface area contributed by atoms with E-state index in [0.717, 1.165) is 27.5 Å². The lowest BCUT2D eigenvalue weighted by Gasteiger charge is -2.14. The highest BCUT2D eigenvalue weighted by atomic mass is 16.2. The molecule has 1 aromatic heterocycles. The Labute approximate surface area is 176 Å². The zero-order chi connectivity index (χ0) is 21.7. The lowest BCUT2D eigenvalue weighted by Crippen LogP contribution is -3.08. The normalized spacial score (nSPS) is 11.7. The van der Waals surface area contributed by atoms with Gasteiger partial charge in [0.15, 0.2) is 6.54 Å². The van der Waals surface area contributed by atoms with Crippen LogP contribution in [0.4, 0.5) is 5.69 Å². The average molecular weight is 407 g/mol. The summed E-state index contributed by atoms with van der Waals surface area (Å²) in [5.41, 5.74) is 5.33. The molecule has 0 saturated heterocycles. The smallest absolute Gasteiger partial charge is 0.279 e. The number of likely N-dealkylation sites (N-methyl/N-ethyl adjacent to an activating group) is 1. The van der Waals surface area contributed by atoms with Gasteiger partial charge < -0.3 is 15.5 Å². The third kappa shape index (κ3) is 4.93. The highest BCUT2D eigenvalue weighted by Crippen LogP contribution is 2.17. The van der Waals surface area contributed by atoms with Gasteiger partial charge in [0.2, 0.25) is 0 Å². The predicted molar refractivity (Wildman–Crippen MR) is 117 cm³/mol. The summed E-state index contributed by atoms with van der Waals surface area (Å²) in [4.78, 5) is 25.3. The highest BCUT2D eigenvalue weighted by Gasteiger charge is 2.18. The molecule has 7 heteroatoms. The summed E-state index contributed by atoms with van der Waals surface area (Å²) in [6.07, 6.45) is 0. The van der Waals surface area contributed by atoms with Crippen LogP contribution in [0.5, 0.6) is 0 Å². The zero-order valence-electron chi connectivity index (χ0n) is 17.8. The number of hydrogen-bond donors (Lipinski definition) is 3. The van der Waals surface area contributed by atoms with Gasteiger partial charge in [-0.15, -0.1) is 0 Å². The first-order chi connectivity index (χ1) is 14.4. The van der Waals surface area contributed by atoms with Crippen molar-refractivity contribution in [2.24, 2.45) is 0 Å². The summed E-state index contributed by atoms with van der Waals surface area (Å²) in [7, 11) is 3.56. The van der Waals surface area contributed by atoms with E-state index in [1.807, 2.05) is 49.0 Å². The molecule has 3 N–H and O–H groups in total. The van der Waals surface area contributed by atoms with E-state index in [2.05, 4.69) is 22.7 Å². The van der Waals surface area contributed by atoms with E-state index >= 15 is 0 Å². The Morgan fingerprint density at radius 3 is 2.50 bits per heavy atom. The Bertz CT molecular complexity index is 1040. The fraction of sp³-hybridized carbons (Fsp3) is 0.261. The Hall–Kier alpha value is -3.45. The van der Waals surface area contributed by atoms with Crippen molar-refractivity contribution in [3.05, 3.63) is 77.1 Å². The Kier molecular flexibility index (Phi) is 6.64. The third-order valence-corrected chi connectivity index (χ3v) is 5.02. The number of benzene rings is 2. The van der Waals surface area contributed by atoms with Crippen LogP contribution in [-0.2, 0) is 11.3 Å². The van der Waals surface area contributed by atoms with Gasteiger partial charge in [0, 0.05) is 18.3 Å². The molecule has 156 valence electrons. The molecule has 0 radical (unpaired) electrons. The number of rotatable bonds is 7. The van der Waals surface area contributed by atoms with E-state index in [-0.39, 0.29) is 11.8 Å². The number of hydrogen-bond acceptors (Lipinski definition) is 3. The maximum absolute atomic E-state index is 12.5. The SMILES string of the molecule is CNC(=O)c1cccc(NC(=O)C[NH+](C)Cc2c(C)nn(-c3ccccc3)c2C)c1. The number of aromatic nitrogens is 2. The third-order valence-electron chi connectivity index (χ3n) is 5.02. The van der Waals surface area contributed by atoms with Gasteiger partial charge in [-0.2, -0.15) is 5.10 Å². The molecule has 1 heterocycles. The second-order valence-electron chi connectivity index (χ2n) is 7.42.